The quantitative estimate of drug-likeness (QED) is 0.792. The molecule has 118 valence electrons. The van der Waals surface area contributed by atoms with Crippen LogP contribution in [0.5, 0.6) is 0 Å². The number of hydrogen-bond donors (Lipinski definition) is 1. The summed E-state index contributed by atoms with van der Waals surface area (Å²) >= 11 is 0. The molecule has 3 nitrogen and oxygen atoms in total. The van der Waals surface area contributed by atoms with Crippen molar-refractivity contribution in [2.24, 2.45) is 11.3 Å². The smallest absolute Gasteiger partial charge is 0.312 e. The minimum Gasteiger partial charge on any atom is -0.460 e. The second-order valence-corrected chi connectivity index (χ2v) is 7.15. The first kappa shape index (κ1) is 16.2. The lowest BCUT2D eigenvalue weighted by Crippen LogP contribution is -2.32. The number of rotatable bonds is 5. The van der Waals surface area contributed by atoms with Gasteiger partial charge in [0.1, 0.15) is 11.8 Å². The van der Waals surface area contributed by atoms with Gasteiger partial charge in [-0.05, 0) is 52.0 Å². The summed E-state index contributed by atoms with van der Waals surface area (Å²) in [7, 11) is 0. The van der Waals surface area contributed by atoms with Gasteiger partial charge in [-0.25, -0.2) is 4.39 Å². The van der Waals surface area contributed by atoms with Crippen molar-refractivity contribution in [3.05, 3.63) is 23.8 Å². The molecule has 0 saturated heterocycles. The van der Waals surface area contributed by atoms with Crippen LogP contribution in [-0.4, -0.2) is 29.5 Å². The summed E-state index contributed by atoms with van der Waals surface area (Å²) in [6, 6.07) is 0. The maximum absolute atomic E-state index is 14.5. The number of aliphatic hydroxyl groups excluding tert-OH is 1. The van der Waals surface area contributed by atoms with Crippen LogP contribution < -0.4 is 0 Å². The number of halogens is 1. The van der Waals surface area contributed by atoms with E-state index in [-0.39, 0.29) is 18.5 Å². The van der Waals surface area contributed by atoms with E-state index in [1.807, 2.05) is 32.9 Å². The van der Waals surface area contributed by atoms with Crippen LogP contribution in [-0.2, 0) is 9.53 Å². The van der Waals surface area contributed by atoms with Gasteiger partial charge in [0.15, 0.2) is 0 Å². The van der Waals surface area contributed by atoms with E-state index in [2.05, 4.69) is 0 Å². The van der Waals surface area contributed by atoms with Crippen LogP contribution in [0.25, 0.3) is 0 Å². The number of hydrogen-bond acceptors (Lipinski definition) is 3. The molecule has 4 heteroatoms. The van der Waals surface area contributed by atoms with E-state index in [9.17, 15) is 9.18 Å². The highest BCUT2D eigenvalue weighted by atomic mass is 19.1. The van der Waals surface area contributed by atoms with Crippen molar-refractivity contribution in [2.75, 3.05) is 6.61 Å². The Hall–Kier alpha value is -1.16. The van der Waals surface area contributed by atoms with Crippen molar-refractivity contribution in [1.82, 2.24) is 0 Å². The molecule has 1 saturated carbocycles. The second-order valence-electron chi connectivity index (χ2n) is 7.15. The van der Waals surface area contributed by atoms with Crippen molar-refractivity contribution in [3.63, 3.8) is 0 Å². The fourth-order valence-corrected chi connectivity index (χ4v) is 2.79. The van der Waals surface area contributed by atoms with Gasteiger partial charge < -0.3 is 9.84 Å². The molecule has 2 atom stereocenters. The third kappa shape index (κ3) is 3.94. The first-order chi connectivity index (χ1) is 9.77. The van der Waals surface area contributed by atoms with Gasteiger partial charge in [-0.1, -0.05) is 18.2 Å². The Morgan fingerprint density at radius 2 is 2.14 bits per heavy atom. The van der Waals surface area contributed by atoms with Gasteiger partial charge in [-0.15, -0.1) is 0 Å². The Morgan fingerprint density at radius 3 is 2.67 bits per heavy atom. The summed E-state index contributed by atoms with van der Waals surface area (Å²) in [4.78, 5) is 12.3. The molecule has 0 aromatic rings. The molecule has 0 bridgehead atoms. The highest BCUT2D eigenvalue weighted by Crippen LogP contribution is 2.53. The summed E-state index contributed by atoms with van der Waals surface area (Å²) in [5.74, 6) is -0.500. The molecule has 2 unspecified atom stereocenters. The molecule has 21 heavy (non-hydrogen) atoms. The molecule has 0 aromatic carbocycles. The molecule has 2 aliphatic carbocycles. The highest BCUT2D eigenvalue weighted by Gasteiger charge is 2.53. The molecule has 2 aliphatic rings. The minimum absolute atomic E-state index is 0.0516. The second kappa shape index (κ2) is 5.91. The first-order valence-electron chi connectivity index (χ1n) is 7.63. The molecule has 0 radical (unpaired) electrons. The molecule has 1 N–H and O–H groups in total. The SMILES string of the molecule is CC(C)(C)OC(=O)C1(CC2C=CC=C(CCO)C2F)CC1. The van der Waals surface area contributed by atoms with E-state index in [0.29, 0.717) is 18.4 Å². The average molecular weight is 296 g/mol. The number of allylic oxidation sites excluding steroid dienone is 3. The van der Waals surface area contributed by atoms with Crippen molar-refractivity contribution in [2.45, 2.75) is 58.2 Å². The third-order valence-corrected chi connectivity index (χ3v) is 4.11. The number of carbonyl (C=O) groups is 1. The fraction of sp³-hybridized carbons (Fsp3) is 0.706. The standard InChI is InChI=1S/C17H25FO3/c1-16(2,3)21-15(20)17(8-9-17)11-13-6-4-5-12(7-10-19)14(13)18/h4-6,13-14,19H,7-11H2,1-3H3. The van der Waals surface area contributed by atoms with Gasteiger partial charge >= 0.3 is 5.97 Å². The lowest BCUT2D eigenvalue weighted by Gasteiger charge is -2.28. The molecule has 0 aliphatic heterocycles. The van der Waals surface area contributed by atoms with E-state index in [4.69, 9.17) is 9.84 Å². The topological polar surface area (TPSA) is 46.5 Å². The zero-order valence-electron chi connectivity index (χ0n) is 13.1. The molecular weight excluding hydrogens is 271 g/mol. The Labute approximate surface area is 125 Å². The predicted molar refractivity (Wildman–Crippen MR) is 79.4 cm³/mol. The Balaban J connectivity index is 2.00. The Bertz CT molecular complexity index is 455. The monoisotopic (exact) mass is 296 g/mol. The van der Waals surface area contributed by atoms with Gasteiger partial charge in [0, 0.05) is 12.5 Å². The molecular formula is C17H25FO3. The van der Waals surface area contributed by atoms with Gasteiger partial charge in [0.25, 0.3) is 0 Å². The molecule has 2 rings (SSSR count). The third-order valence-electron chi connectivity index (χ3n) is 4.11. The summed E-state index contributed by atoms with van der Waals surface area (Å²) in [5.41, 5.74) is -0.398. The number of carbonyl (C=O) groups excluding carboxylic acids is 1. The number of aliphatic hydroxyl groups is 1. The van der Waals surface area contributed by atoms with E-state index in [1.165, 1.54) is 0 Å². The van der Waals surface area contributed by atoms with Crippen molar-refractivity contribution < 1.29 is 19.0 Å². The van der Waals surface area contributed by atoms with Crippen molar-refractivity contribution >= 4 is 5.97 Å². The molecule has 0 spiro atoms. The van der Waals surface area contributed by atoms with Gasteiger partial charge in [-0.2, -0.15) is 0 Å². The van der Waals surface area contributed by atoms with Gasteiger partial charge in [0.2, 0.25) is 0 Å². The van der Waals surface area contributed by atoms with Gasteiger partial charge in [0.05, 0.1) is 5.41 Å². The first-order valence-corrected chi connectivity index (χ1v) is 7.63. The van der Waals surface area contributed by atoms with E-state index in [1.54, 1.807) is 6.08 Å². The number of esters is 1. The predicted octanol–water partition coefficient (Wildman–Crippen LogP) is 3.33. The van der Waals surface area contributed by atoms with Crippen LogP contribution in [0, 0.1) is 11.3 Å². The van der Waals surface area contributed by atoms with Crippen LogP contribution in [0.2, 0.25) is 0 Å². The number of alkyl halides is 1. The van der Waals surface area contributed by atoms with Crippen LogP contribution in [0.15, 0.2) is 23.8 Å². The minimum atomic E-state index is -1.11. The average Bonchev–Trinajstić information content (AvgIpc) is 3.14. The summed E-state index contributed by atoms with van der Waals surface area (Å²) in [6.45, 7) is 5.49. The van der Waals surface area contributed by atoms with Crippen LogP contribution >= 0.6 is 0 Å². The van der Waals surface area contributed by atoms with E-state index in [0.717, 1.165) is 12.8 Å². The van der Waals surface area contributed by atoms with Crippen molar-refractivity contribution in [3.8, 4) is 0 Å². The maximum atomic E-state index is 14.5. The fourth-order valence-electron chi connectivity index (χ4n) is 2.79. The Kier molecular flexibility index (Phi) is 4.57. The largest absolute Gasteiger partial charge is 0.460 e. The lowest BCUT2D eigenvalue weighted by molar-refractivity contribution is -0.162. The lowest BCUT2D eigenvalue weighted by atomic mass is 9.82. The van der Waals surface area contributed by atoms with Crippen LogP contribution in [0.3, 0.4) is 0 Å². The van der Waals surface area contributed by atoms with Crippen molar-refractivity contribution in [1.29, 1.82) is 0 Å². The van der Waals surface area contributed by atoms with Crippen LogP contribution in [0.4, 0.5) is 4.39 Å². The molecule has 1 fully saturated rings. The molecule has 0 amide bonds. The van der Waals surface area contributed by atoms with Gasteiger partial charge in [-0.3, -0.25) is 4.79 Å². The summed E-state index contributed by atoms with van der Waals surface area (Å²) in [5, 5.41) is 8.98. The Morgan fingerprint density at radius 1 is 1.48 bits per heavy atom. The summed E-state index contributed by atoms with van der Waals surface area (Å²) in [6.07, 6.45) is 6.67. The molecule has 0 aromatic heterocycles. The summed E-state index contributed by atoms with van der Waals surface area (Å²) < 4.78 is 20.0. The highest BCUT2D eigenvalue weighted by molar-refractivity contribution is 5.80. The normalized spacial score (nSPS) is 27.2. The zero-order chi connectivity index (χ0) is 15.7. The van der Waals surface area contributed by atoms with E-state index >= 15 is 0 Å². The van der Waals surface area contributed by atoms with E-state index < -0.39 is 17.2 Å². The maximum Gasteiger partial charge on any atom is 0.312 e. The number of ether oxygens (including phenoxy) is 1. The molecule has 0 heterocycles. The van der Waals surface area contributed by atoms with Crippen LogP contribution in [0.1, 0.15) is 46.5 Å². The zero-order valence-corrected chi connectivity index (χ0v) is 13.1.